The number of aromatic nitrogens is 3. The molecule has 0 saturated heterocycles. The normalized spacial score (nSPS) is 10.8. The Morgan fingerprint density at radius 2 is 1.87 bits per heavy atom. The lowest BCUT2D eigenvalue weighted by atomic mass is 10.1. The molecule has 0 saturated carbocycles. The van der Waals surface area contributed by atoms with Crippen LogP contribution in [0.4, 0.5) is 5.69 Å². The fourth-order valence-corrected chi connectivity index (χ4v) is 3.98. The summed E-state index contributed by atoms with van der Waals surface area (Å²) in [5.41, 5.74) is 2.51. The lowest BCUT2D eigenvalue weighted by molar-refractivity contribution is -0.113. The molecule has 0 radical (unpaired) electrons. The summed E-state index contributed by atoms with van der Waals surface area (Å²) in [5, 5.41) is 13.1. The van der Waals surface area contributed by atoms with Gasteiger partial charge < -0.3 is 14.6 Å². The molecule has 9 heteroatoms. The van der Waals surface area contributed by atoms with Crippen molar-refractivity contribution in [2.75, 3.05) is 11.1 Å². The van der Waals surface area contributed by atoms with Crippen molar-refractivity contribution in [3.63, 3.8) is 0 Å². The molecular formula is C21H22Cl2N4O2S. The summed E-state index contributed by atoms with van der Waals surface area (Å²) in [6.07, 6.45) is 0. The third-order valence-corrected chi connectivity index (χ3v) is 6.26. The van der Waals surface area contributed by atoms with Crippen LogP contribution in [0, 0.1) is 13.8 Å². The van der Waals surface area contributed by atoms with E-state index in [9.17, 15) is 4.79 Å². The van der Waals surface area contributed by atoms with Gasteiger partial charge in [-0.15, -0.1) is 10.2 Å². The van der Waals surface area contributed by atoms with E-state index in [1.807, 2.05) is 49.6 Å². The predicted molar refractivity (Wildman–Crippen MR) is 122 cm³/mol. The Balaban J connectivity index is 1.61. The van der Waals surface area contributed by atoms with Crippen LogP contribution in [0.25, 0.3) is 0 Å². The van der Waals surface area contributed by atoms with E-state index in [2.05, 4.69) is 15.5 Å². The highest BCUT2D eigenvalue weighted by Gasteiger charge is 2.15. The second-order valence-corrected chi connectivity index (χ2v) is 8.35. The molecule has 0 aliphatic rings. The molecule has 3 aromatic rings. The molecule has 2 aromatic carbocycles. The van der Waals surface area contributed by atoms with Crippen molar-refractivity contribution in [2.24, 2.45) is 0 Å². The van der Waals surface area contributed by atoms with Gasteiger partial charge in [0.15, 0.2) is 11.0 Å². The third kappa shape index (κ3) is 5.47. The number of hydrogen-bond acceptors (Lipinski definition) is 5. The van der Waals surface area contributed by atoms with Crippen LogP contribution >= 0.6 is 35.0 Å². The Kier molecular flexibility index (Phi) is 7.64. The molecule has 6 nitrogen and oxygen atoms in total. The summed E-state index contributed by atoms with van der Waals surface area (Å²) in [4.78, 5) is 12.3. The molecule has 0 aliphatic carbocycles. The van der Waals surface area contributed by atoms with Crippen LogP contribution in [0.1, 0.15) is 23.9 Å². The number of amides is 1. The van der Waals surface area contributed by atoms with Gasteiger partial charge in [0, 0.05) is 11.6 Å². The van der Waals surface area contributed by atoms with Gasteiger partial charge in [0.2, 0.25) is 5.91 Å². The van der Waals surface area contributed by atoms with Gasteiger partial charge in [0.05, 0.1) is 16.5 Å². The molecule has 0 atom stereocenters. The number of aryl methyl sites for hydroxylation is 2. The van der Waals surface area contributed by atoms with E-state index < -0.39 is 0 Å². The first-order valence-corrected chi connectivity index (χ1v) is 11.1. The summed E-state index contributed by atoms with van der Waals surface area (Å²) < 4.78 is 7.83. The zero-order valence-corrected chi connectivity index (χ0v) is 19.2. The molecule has 158 valence electrons. The largest absolute Gasteiger partial charge is 0.486 e. The maximum atomic E-state index is 12.3. The summed E-state index contributed by atoms with van der Waals surface area (Å²) in [6, 6.07) is 10.9. The van der Waals surface area contributed by atoms with Gasteiger partial charge in [-0.3, -0.25) is 4.79 Å². The van der Waals surface area contributed by atoms with Crippen molar-refractivity contribution in [3.05, 3.63) is 63.4 Å². The van der Waals surface area contributed by atoms with E-state index >= 15 is 0 Å². The standard InChI is InChI=1S/C21H22Cl2N4O2S/c1-4-27-18(11-29-15-9-13(2)20(23)14(3)10-15)25-26-21(27)30-12-19(28)24-17-8-6-5-7-16(17)22/h5-10H,4,11-12H2,1-3H3,(H,24,28). The number of benzene rings is 2. The van der Waals surface area contributed by atoms with Gasteiger partial charge in [-0.25, -0.2) is 0 Å². The number of para-hydroxylation sites is 1. The van der Waals surface area contributed by atoms with Crippen LogP contribution in [-0.4, -0.2) is 26.4 Å². The highest BCUT2D eigenvalue weighted by Crippen LogP contribution is 2.27. The molecular weight excluding hydrogens is 443 g/mol. The summed E-state index contributed by atoms with van der Waals surface area (Å²) in [5.74, 6) is 1.45. The minimum atomic E-state index is -0.163. The SMILES string of the molecule is CCn1c(COc2cc(C)c(Cl)c(C)c2)nnc1SCC(=O)Nc1ccccc1Cl. The van der Waals surface area contributed by atoms with Crippen molar-refractivity contribution in [3.8, 4) is 5.75 Å². The van der Waals surface area contributed by atoms with Crippen molar-refractivity contribution in [2.45, 2.75) is 39.1 Å². The van der Waals surface area contributed by atoms with Crippen LogP contribution in [0.5, 0.6) is 5.75 Å². The topological polar surface area (TPSA) is 69.0 Å². The molecule has 0 fully saturated rings. The Bertz CT molecular complexity index is 1030. The second-order valence-electron chi connectivity index (χ2n) is 6.62. The Morgan fingerprint density at radius 3 is 2.53 bits per heavy atom. The molecule has 0 spiro atoms. The number of halogens is 2. The van der Waals surface area contributed by atoms with Crippen molar-refractivity contribution in [1.82, 2.24) is 14.8 Å². The minimum Gasteiger partial charge on any atom is -0.486 e. The molecule has 0 unspecified atom stereocenters. The average Bonchev–Trinajstić information content (AvgIpc) is 3.12. The van der Waals surface area contributed by atoms with E-state index in [1.165, 1.54) is 11.8 Å². The lowest BCUT2D eigenvalue weighted by Crippen LogP contribution is -2.15. The van der Waals surface area contributed by atoms with Crippen LogP contribution < -0.4 is 10.1 Å². The monoisotopic (exact) mass is 464 g/mol. The average molecular weight is 465 g/mol. The molecule has 1 amide bonds. The van der Waals surface area contributed by atoms with Crippen LogP contribution in [-0.2, 0) is 17.9 Å². The van der Waals surface area contributed by atoms with Gasteiger partial charge >= 0.3 is 0 Å². The molecule has 30 heavy (non-hydrogen) atoms. The molecule has 1 N–H and O–H groups in total. The van der Waals surface area contributed by atoms with Gasteiger partial charge in [0.1, 0.15) is 12.4 Å². The smallest absolute Gasteiger partial charge is 0.234 e. The number of anilines is 1. The predicted octanol–water partition coefficient (Wildman–Crippen LogP) is 5.53. The number of hydrogen-bond donors (Lipinski definition) is 1. The van der Waals surface area contributed by atoms with E-state index in [-0.39, 0.29) is 18.3 Å². The first-order chi connectivity index (χ1) is 14.4. The van der Waals surface area contributed by atoms with E-state index in [0.29, 0.717) is 28.2 Å². The Morgan fingerprint density at radius 1 is 1.17 bits per heavy atom. The highest BCUT2D eigenvalue weighted by atomic mass is 35.5. The quantitative estimate of drug-likeness (QED) is 0.443. The molecule has 0 aliphatic heterocycles. The molecule has 3 rings (SSSR count). The fourth-order valence-electron chi connectivity index (χ4n) is 2.87. The number of carbonyl (C=O) groups excluding carboxylic acids is 1. The molecule has 1 heterocycles. The van der Waals surface area contributed by atoms with Crippen molar-refractivity contribution >= 4 is 46.6 Å². The number of thioether (sulfide) groups is 1. The number of nitrogens with zero attached hydrogens (tertiary/aromatic N) is 3. The lowest BCUT2D eigenvalue weighted by Gasteiger charge is -2.11. The minimum absolute atomic E-state index is 0.163. The first-order valence-electron chi connectivity index (χ1n) is 9.37. The van der Waals surface area contributed by atoms with Crippen LogP contribution in [0.15, 0.2) is 41.6 Å². The van der Waals surface area contributed by atoms with Gasteiger partial charge in [-0.2, -0.15) is 0 Å². The second kappa shape index (κ2) is 10.2. The Hall–Kier alpha value is -2.22. The van der Waals surface area contributed by atoms with Gasteiger partial charge in [0.25, 0.3) is 0 Å². The number of rotatable bonds is 8. The van der Waals surface area contributed by atoms with Crippen molar-refractivity contribution in [1.29, 1.82) is 0 Å². The van der Waals surface area contributed by atoms with E-state index in [4.69, 9.17) is 27.9 Å². The number of nitrogens with one attached hydrogen (secondary N) is 1. The number of carbonyl (C=O) groups is 1. The first kappa shape index (κ1) is 22.5. The van der Waals surface area contributed by atoms with Gasteiger partial charge in [-0.1, -0.05) is 47.1 Å². The third-order valence-electron chi connectivity index (χ3n) is 4.37. The molecule has 1 aromatic heterocycles. The van der Waals surface area contributed by atoms with Crippen LogP contribution in [0.3, 0.4) is 0 Å². The number of ether oxygens (including phenoxy) is 1. The van der Waals surface area contributed by atoms with Gasteiger partial charge in [-0.05, 0) is 56.2 Å². The summed E-state index contributed by atoms with van der Waals surface area (Å²) in [7, 11) is 0. The van der Waals surface area contributed by atoms with Crippen molar-refractivity contribution < 1.29 is 9.53 Å². The summed E-state index contributed by atoms with van der Waals surface area (Å²) >= 11 is 13.6. The fraction of sp³-hybridized carbons (Fsp3) is 0.286. The maximum absolute atomic E-state index is 12.3. The zero-order chi connectivity index (χ0) is 21.7. The Labute approximate surface area is 189 Å². The van der Waals surface area contributed by atoms with E-state index in [1.54, 1.807) is 12.1 Å². The highest BCUT2D eigenvalue weighted by molar-refractivity contribution is 7.99. The zero-order valence-electron chi connectivity index (χ0n) is 16.9. The maximum Gasteiger partial charge on any atom is 0.234 e. The molecule has 0 bridgehead atoms. The van der Waals surface area contributed by atoms with E-state index in [0.717, 1.165) is 21.9 Å². The summed E-state index contributed by atoms with van der Waals surface area (Å²) in [6.45, 7) is 6.82. The van der Waals surface area contributed by atoms with Crippen LogP contribution in [0.2, 0.25) is 10.0 Å².